The Kier molecular flexibility index (Phi) is 2.38. The van der Waals surface area contributed by atoms with E-state index in [1.54, 1.807) is 6.08 Å². The fourth-order valence-corrected chi connectivity index (χ4v) is 3.06. The van der Waals surface area contributed by atoms with E-state index in [1.165, 1.54) is 18.4 Å². The topological polar surface area (TPSA) is 26.3 Å². The molecule has 0 aromatic heterocycles. The largest absolute Gasteiger partial charge is 0.479 e. The van der Waals surface area contributed by atoms with Gasteiger partial charge in [0.05, 0.1) is 0 Å². The van der Waals surface area contributed by atoms with Crippen LogP contribution in [0.4, 0.5) is 0 Å². The lowest BCUT2D eigenvalue weighted by atomic mass is 9.97. The number of hydrogen-bond donors (Lipinski definition) is 0. The Balaban J connectivity index is 1.81. The zero-order valence-electron chi connectivity index (χ0n) is 9.63. The maximum Gasteiger partial charge on any atom is 0.202 e. The number of rotatable bonds is 1. The van der Waals surface area contributed by atoms with Gasteiger partial charge in [-0.05, 0) is 56.9 Å². The first kappa shape index (κ1) is 10.1. The van der Waals surface area contributed by atoms with E-state index >= 15 is 0 Å². The van der Waals surface area contributed by atoms with E-state index in [-0.39, 0.29) is 5.78 Å². The summed E-state index contributed by atoms with van der Waals surface area (Å²) >= 11 is 0. The monoisotopic (exact) mass is 218 g/mol. The molecule has 2 heteroatoms. The lowest BCUT2D eigenvalue weighted by Gasteiger charge is -2.24. The molecule has 1 fully saturated rings. The predicted octanol–water partition coefficient (Wildman–Crippen LogP) is 3.28. The molecule has 86 valence electrons. The maximum absolute atomic E-state index is 12.0. The molecule has 2 aliphatic carbocycles. The van der Waals surface area contributed by atoms with Crippen LogP contribution in [0.5, 0.6) is 0 Å². The van der Waals surface area contributed by atoms with Gasteiger partial charge < -0.3 is 4.74 Å². The van der Waals surface area contributed by atoms with Gasteiger partial charge in [-0.1, -0.05) is 6.08 Å². The van der Waals surface area contributed by atoms with Gasteiger partial charge in [-0.2, -0.15) is 0 Å². The van der Waals surface area contributed by atoms with Gasteiger partial charge in [0, 0.05) is 6.08 Å². The summed E-state index contributed by atoms with van der Waals surface area (Å²) in [7, 11) is 0. The maximum atomic E-state index is 12.0. The highest BCUT2D eigenvalue weighted by molar-refractivity contribution is 6.00. The van der Waals surface area contributed by atoms with Crippen molar-refractivity contribution in [2.75, 3.05) is 0 Å². The molecule has 1 spiro atoms. The van der Waals surface area contributed by atoms with Crippen LogP contribution in [0.3, 0.4) is 0 Å². The van der Waals surface area contributed by atoms with Gasteiger partial charge in [-0.3, -0.25) is 4.79 Å². The Morgan fingerprint density at radius 3 is 2.62 bits per heavy atom. The Morgan fingerprint density at radius 1 is 1.12 bits per heavy atom. The van der Waals surface area contributed by atoms with Crippen molar-refractivity contribution in [2.45, 2.75) is 57.0 Å². The van der Waals surface area contributed by atoms with Crippen molar-refractivity contribution in [2.24, 2.45) is 0 Å². The number of allylic oxidation sites excluding steroid dienone is 2. The van der Waals surface area contributed by atoms with Crippen molar-refractivity contribution < 1.29 is 9.53 Å². The number of carbonyl (C=O) groups is 1. The summed E-state index contributed by atoms with van der Waals surface area (Å²) in [5.74, 6) is 1.10. The molecule has 3 rings (SSSR count). The first-order valence-corrected chi connectivity index (χ1v) is 6.45. The van der Waals surface area contributed by atoms with Crippen molar-refractivity contribution in [1.29, 1.82) is 0 Å². The van der Waals surface area contributed by atoms with Crippen molar-refractivity contribution in [3.8, 4) is 0 Å². The van der Waals surface area contributed by atoms with Gasteiger partial charge >= 0.3 is 0 Å². The zero-order chi connectivity index (χ0) is 11.0. The summed E-state index contributed by atoms with van der Waals surface area (Å²) in [6, 6.07) is 0. The number of ether oxygens (including phenoxy) is 1. The van der Waals surface area contributed by atoms with E-state index in [9.17, 15) is 4.79 Å². The summed E-state index contributed by atoms with van der Waals surface area (Å²) in [6.45, 7) is 0. The fourth-order valence-electron chi connectivity index (χ4n) is 3.06. The van der Waals surface area contributed by atoms with Gasteiger partial charge in [-0.15, -0.1) is 0 Å². The highest BCUT2D eigenvalue weighted by Crippen LogP contribution is 2.42. The molecule has 0 amide bonds. The average Bonchev–Trinajstić information content (AvgIpc) is 2.91. The third-order valence-electron chi connectivity index (χ3n) is 4.04. The lowest BCUT2D eigenvalue weighted by molar-refractivity contribution is -0.129. The lowest BCUT2D eigenvalue weighted by Crippen LogP contribution is -2.32. The normalized spacial score (nSPS) is 27.9. The van der Waals surface area contributed by atoms with Crippen LogP contribution in [-0.2, 0) is 9.53 Å². The summed E-state index contributed by atoms with van der Waals surface area (Å²) in [5, 5.41) is 0. The first-order chi connectivity index (χ1) is 7.80. The predicted molar refractivity (Wildman–Crippen MR) is 61.9 cm³/mol. The molecule has 1 saturated carbocycles. The van der Waals surface area contributed by atoms with E-state index in [0.29, 0.717) is 0 Å². The first-order valence-electron chi connectivity index (χ1n) is 6.45. The molecule has 0 radical (unpaired) electrons. The van der Waals surface area contributed by atoms with Crippen molar-refractivity contribution in [1.82, 2.24) is 0 Å². The third kappa shape index (κ3) is 1.51. The molecule has 0 saturated heterocycles. The van der Waals surface area contributed by atoms with Crippen LogP contribution in [0.1, 0.15) is 51.4 Å². The minimum absolute atomic E-state index is 0.214. The molecule has 0 bridgehead atoms. The minimum atomic E-state index is -0.451. The van der Waals surface area contributed by atoms with Crippen LogP contribution < -0.4 is 0 Å². The number of ketones is 1. The second-order valence-corrected chi connectivity index (χ2v) is 5.15. The molecule has 2 nitrogen and oxygen atoms in total. The van der Waals surface area contributed by atoms with Crippen LogP contribution in [-0.4, -0.2) is 11.4 Å². The fraction of sp³-hybridized carbons (Fsp3) is 0.643. The summed E-state index contributed by atoms with van der Waals surface area (Å²) in [5.41, 5.74) is 0.816. The smallest absolute Gasteiger partial charge is 0.202 e. The van der Waals surface area contributed by atoms with Crippen molar-refractivity contribution in [3.05, 3.63) is 23.5 Å². The van der Waals surface area contributed by atoms with E-state index in [1.807, 2.05) is 0 Å². The molecule has 3 aliphatic rings. The van der Waals surface area contributed by atoms with Crippen molar-refractivity contribution in [3.63, 3.8) is 0 Å². The Bertz CT molecular complexity index is 370. The van der Waals surface area contributed by atoms with Gasteiger partial charge in [0.2, 0.25) is 5.78 Å². The third-order valence-corrected chi connectivity index (χ3v) is 4.04. The van der Waals surface area contributed by atoms with Crippen molar-refractivity contribution >= 4 is 5.78 Å². The molecule has 0 atom stereocenters. The van der Waals surface area contributed by atoms with Crippen LogP contribution >= 0.6 is 0 Å². The summed E-state index contributed by atoms with van der Waals surface area (Å²) < 4.78 is 6.00. The zero-order valence-corrected chi connectivity index (χ0v) is 9.63. The molecular formula is C14H18O2. The number of hydrogen-bond acceptors (Lipinski definition) is 2. The Labute approximate surface area is 96.4 Å². The van der Waals surface area contributed by atoms with E-state index in [0.717, 1.165) is 44.3 Å². The van der Waals surface area contributed by atoms with Gasteiger partial charge in [0.15, 0.2) is 5.60 Å². The van der Waals surface area contributed by atoms with E-state index in [4.69, 9.17) is 4.74 Å². The van der Waals surface area contributed by atoms with Gasteiger partial charge in [0.25, 0.3) is 0 Å². The molecule has 1 aliphatic heterocycles. The summed E-state index contributed by atoms with van der Waals surface area (Å²) in [4.78, 5) is 12.0. The van der Waals surface area contributed by atoms with Gasteiger partial charge in [0.1, 0.15) is 5.76 Å². The molecule has 0 unspecified atom stereocenters. The molecule has 0 aromatic carbocycles. The summed E-state index contributed by atoms with van der Waals surface area (Å²) in [6.07, 6.45) is 12.8. The molecule has 1 heterocycles. The molecular weight excluding hydrogens is 200 g/mol. The van der Waals surface area contributed by atoms with Crippen LogP contribution in [0.15, 0.2) is 23.5 Å². The quantitative estimate of drug-likeness (QED) is 0.675. The van der Waals surface area contributed by atoms with Crippen LogP contribution in [0.2, 0.25) is 0 Å². The second-order valence-electron chi connectivity index (χ2n) is 5.15. The van der Waals surface area contributed by atoms with E-state index in [2.05, 4.69) is 6.08 Å². The average molecular weight is 218 g/mol. The highest BCUT2D eigenvalue weighted by Gasteiger charge is 2.47. The van der Waals surface area contributed by atoms with Crippen LogP contribution in [0.25, 0.3) is 0 Å². The van der Waals surface area contributed by atoms with E-state index < -0.39 is 5.60 Å². The standard InChI is InChI=1S/C14H18O2/c15-13-10-12(11-6-2-1-3-7-11)16-14(13)8-4-5-9-14/h6,10H,1-5,7-9H2. The molecule has 16 heavy (non-hydrogen) atoms. The molecule has 0 aromatic rings. The minimum Gasteiger partial charge on any atom is -0.479 e. The van der Waals surface area contributed by atoms with Crippen LogP contribution in [0, 0.1) is 0 Å². The Hall–Kier alpha value is -1.05. The SMILES string of the molecule is O=C1C=C(C2=CCCCC2)OC12CCCC2. The second kappa shape index (κ2) is 3.76. The molecule has 0 N–H and O–H groups in total. The highest BCUT2D eigenvalue weighted by atomic mass is 16.5. The Morgan fingerprint density at radius 2 is 1.94 bits per heavy atom. The number of carbonyl (C=O) groups excluding carboxylic acids is 1. The van der Waals surface area contributed by atoms with Gasteiger partial charge in [-0.25, -0.2) is 0 Å².